The van der Waals surface area contributed by atoms with E-state index < -0.39 is 23.5 Å². The van der Waals surface area contributed by atoms with E-state index in [1.54, 1.807) is 24.3 Å². The van der Waals surface area contributed by atoms with Crippen LogP contribution in [0.15, 0.2) is 39.5 Å². The summed E-state index contributed by atoms with van der Waals surface area (Å²) < 4.78 is 5.05. The molecule has 110 valence electrons. The number of rotatable bonds is 5. The standard InChI is InChI=1S/C15H15NO5/c1-2-5-11(14(18)19)16-13(17)10-8-9-6-3-4-7-12(9)21-15(10)20/h3-4,6-8,11H,2,5H2,1H3,(H,16,17)(H,18,19)/t11-/m0/s1. The highest BCUT2D eigenvalue weighted by Gasteiger charge is 2.22. The van der Waals surface area contributed by atoms with Crippen molar-refractivity contribution in [2.24, 2.45) is 0 Å². The van der Waals surface area contributed by atoms with Gasteiger partial charge in [-0.15, -0.1) is 0 Å². The predicted octanol–water partition coefficient (Wildman–Crippen LogP) is 1.78. The highest BCUT2D eigenvalue weighted by Crippen LogP contribution is 2.12. The average Bonchev–Trinajstić information content (AvgIpc) is 2.45. The highest BCUT2D eigenvalue weighted by molar-refractivity contribution is 5.98. The Morgan fingerprint density at radius 3 is 2.71 bits per heavy atom. The Morgan fingerprint density at radius 1 is 1.33 bits per heavy atom. The third-order valence-corrected chi connectivity index (χ3v) is 3.07. The Labute approximate surface area is 120 Å². The summed E-state index contributed by atoms with van der Waals surface area (Å²) in [5.74, 6) is -1.87. The van der Waals surface area contributed by atoms with E-state index in [0.29, 0.717) is 23.8 Å². The lowest BCUT2D eigenvalue weighted by Crippen LogP contribution is -2.42. The Balaban J connectivity index is 2.32. The van der Waals surface area contributed by atoms with Gasteiger partial charge < -0.3 is 14.8 Å². The Morgan fingerprint density at radius 2 is 2.05 bits per heavy atom. The van der Waals surface area contributed by atoms with Gasteiger partial charge in [-0.2, -0.15) is 0 Å². The molecule has 1 atom stereocenters. The van der Waals surface area contributed by atoms with Crippen LogP contribution in [0.5, 0.6) is 0 Å². The van der Waals surface area contributed by atoms with Crippen LogP contribution >= 0.6 is 0 Å². The van der Waals surface area contributed by atoms with E-state index in [-0.39, 0.29) is 5.56 Å². The molecule has 0 unspecified atom stereocenters. The maximum Gasteiger partial charge on any atom is 0.349 e. The Hall–Kier alpha value is -2.63. The second-order valence-electron chi connectivity index (χ2n) is 4.64. The van der Waals surface area contributed by atoms with Crippen molar-refractivity contribution in [3.63, 3.8) is 0 Å². The number of para-hydroxylation sites is 1. The number of carboxylic acids is 1. The summed E-state index contributed by atoms with van der Waals surface area (Å²) in [4.78, 5) is 34.9. The van der Waals surface area contributed by atoms with Gasteiger partial charge in [0.1, 0.15) is 17.2 Å². The van der Waals surface area contributed by atoms with Crippen molar-refractivity contribution >= 4 is 22.8 Å². The molecule has 0 aliphatic rings. The fourth-order valence-corrected chi connectivity index (χ4v) is 2.00. The molecule has 21 heavy (non-hydrogen) atoms. The number of aliphatic carboxylic acids is 1. The molecule has 6 nitrogen and oxygen atoms in total. The molecule has 0 spiro atoms. The molecule has 0 radical (unpaired) electrons. The monoisotopic (exact) mass is 289 g/mol. The number of nitrogens with one attached hydrogen (secondary N) is 1. The first-order chi connectivity index (χ1) is 10.0. The summed E-state index contributed by atoms with van der Waals surface area (Å²) in [6, 6.07) is 7.17. The summed E-state index contributed by atoms with van der Waals surface area (Å²) in [5, 5.41) is 12.0. The number of amides is 1. The molecule has 0 saturated carbocycles. The van der Waals surface area contributed by atoms with Crippen LogP contribution in [-0.4, -0.2) is 23.0 Å². The van der Waals surface area contributed by atoms with Gasteiger partial charge in [0, 0.05) is 5.39 Å². The van der Waals surface area contributed by atoms with Crippen molar-refractivity contribution in [3.8, 4) is 0 Å². The second-order valence-corrected chi connectivity index (χ2v) is 4.64. The van der Waals surface area contributed by atoms with E-state index in [4.69, 9.17) is 9.52 Å². The zero-order valence-electron chi connectivity index (χ0n) is 11.5. The number of fused-ring (bicyclic) bond motifs is 1. The van der Waals surface area contributed by atoms with E-state index in [1.807, 2.05) is 6.92 Å². The van der Waals surface area contributed by atoms with Crippen molar-refractivity contribution in [2.75, 3.05) is 0 Å². The minimum Gasteiger partial charge on any atom is -0.480 e. The molecule has 0 bridgehead atoms. The first-order valence-corrected chi connectivity index (χ1v) is 6.59. The van der Waals surface area contributed by atoms with E-state index >= 15 is 0 Å². The molecular formula is C15H15NO5. The van der Waals surface area contributed by atoms with Crippen molar-refractivity contribution in [1.82, 2.24) is 5.32 Å². The highest BCUT2D eigenvalue weighted by atomic mass is 16.4. The summed E-state index contributed by atoms with van der Waals surface area (Å²) in [7, 11) is 0. The molecule has 6 heteroatoms. The van der Waals surface area contributed by atoms with Gasteiger partial charge in [0.15, 0.2) is 0 Å². The molecule has 1 aromatic carbocycles. The normalized spacial score (nSPS) is 12.0. The number of hydrogen-bond acceptors (Lipinski definition) is 4. The zero-order chi connectivity index (χ0) is 15.4. The molecule has 2 rings (SSSR count). The van der Waals surface area contributed by atoms with Crippen molar-refractivity contribution < 1.29 is 19.1 Å². The van der Waals surface area contributed by atoms with Crippen LogP contribution in [0.3, 0.4) is 0 Å². The summed E-state index contributed by atoms with van der Waals surface area (Å²) >= 11 is 0. The molecule has 0 aliphatic heterocycles. The van der Waals surface area contributed by atoms with Gasteiger partial charge in [-0.25, -0.2) is 9.59 Å². The van der Waals surface area contributed by atoms with E-state index in [0.717, 1.165) is 0 Å². The molecule has 0 saturated heterocycles. The fourth-order valence-electron chi connectivity index (χ4n) is 2.00. The van der Waals surface area contributed by atoms with Crippen LogP contribution in [0.25, 0.3) is 11.0 Å². The van der Waals surface area contributed by atoms with Gasteiger partial charge in [0.2, 0.25) is 0 Å². The number of carbonyl (C=O) groups is 2. The van der Waals surface area contributed by atoms with Gasteiger partial charge >= 0.3 is 11.6 Å². The number of benzene rings is 1. The summed E-state index contributed by atoms with van der Waals surface area (Å²) in [6.07, 6.45) is 0.892. The van der Waals surface area contributed by atoms with Gasteiger partial charge in [-0.1, -0.05) is 31.5 Å². The first-order valence-electron chi connectivity index (χ1n) is 6.59. The predicted molar refractivity (Wildman–Crippen MR) is 76.3 cm³/mol. The number of carbonyl (C=O) groups excluding carboxylic acids is 1. The van der Waals surface area contributed by atoms with E-state index in [9.17, 15) is 14.4 Å². The number of carboxylic acid groups (broad SMARTS) is 1. The SMILES string of the molecule is CCC[C@H](NC(=O)c1cc2ccccc2oc1=O)C(=O)O. The average molecular weight is 289 g/mol. The van der Waals surface area contributed by atoms with Crippen LogP contribution in [0.1, 0.15) is 30.1 Å². The van der Waals surface area contributed by atoms with Crippen LogP contribution in [0.2, 0.25) is 0 Å². The second kappa shape index (κ2) is 6.21. The van der Waals surface area contributed by atoms with E-state index in [2.05, 4.69) is 5.32 Å². The lowest BCUT2D eigenvalue weighted by Gasteiger charge is -2.13. The van der Waals surface area contributed by atoms with Crippen LogP contribution in [0.4, 0.5) is 0 Å². The van der Waals surface area contributed by atoms with Gasteiger partial charge in [-0.05, 0) is 18.6 Å². The largest absolute Gasteiger partial charge is 0.480 e. The molecular weight excluding hydrogens is 274 g/mol. The van der Waals surface area contributed by atoms with Crippen LogP contribution in [-0.2, 0) is 4.79 Å². The van der Waals surface area contributed by atoms with Crippen molar-refractivity contribution in [3.05, 3.63) is 46.3 Å². The van der Waals surface area contributed by atoms with Crippen LogP contribution < -0.4 is 10.9 Å². The smallest absolute Gasteiger partial charge is 0.349 e. The summed E-state index contributed by atoms with van der Waals surface area (Å²) in [5.41, 5.74) is -0.606. The molecule has 1 heterocycles. The maximum absolute atomic E-state index is 12.1. The van der Waals surface area contributed by atoms with Crippen LogP contribution in [0, 0.1) is 0 Å². The topological polar surface area (TPSA) is 96.6 Å². The molecule has 1 amide bonds. The molecule has 2 N–H and O–H groups in total. The molecule has 0 aliphatic carbocycles. The minimum absolute atomic E-state index is 0.198. The fraction of sp³-hybridized carbons (Fsp3) is 0.267. The molecule has 1 aromatic heterocycles. The molecule has 2 aromatic rings. The Bertz CT molecular complexity index is 734. The first kappa shape index (κ1) is 14.8. The quantitative estimate of drug-likeness (QED) is 0.818. The summed E-state index contributed by atoms with van der Waals surface area (Å²) in [6.45, 7) is 1.81. The van der Waals surface area contributed by atoms with Crippen molar-refractivity contribution in [2.45, 2.75) is 25.8 Å². The van der Waals surface area contributed by atoms with Gasteiger partial charge in [0.25, 0.3) is 5.91 Å². The third kappa shape index (κ3) is 3.28. The number of hydrogen-bond donors (Lipinski definition) is 2. The lowest BCUT2D eigenvalue weighted by atomic mass is 10.1. The third-order valence-electron chi connectivity index (χ3n) is 3.07. The lowest BCUT2D eigenvalue weighted by molar-refractivity contribution is -0.139. The Kier molecular flexibility index (Phi) is 4.37. The van der Waals surface area contributed by atoms with E-state index in [1.165, 1.54) is 6.07 Å². The maximum atomic E-state index is 12.1. The van der Waals surface area contributed by atoms with Gasteiger partial charge in [-0.3, -0.25) is 4.79 Å². The zero-order valence-corrected chi connectivity index (χ0v) is 11.5. The van der Waals surface area contributed by atoms with Gasteiger partial charge in [0.05, 0.1) is 0 Å². The molecule has 0 fully saturated rings. The van der Waals surface area contributed by atoms with Crippen molar-refractivity contribution in [1.29, 1.82) is 0 Å². The minimum atomic E-state index is -1.13.